The van der Waals surface area contributed by atoms with Crippen LogP contribution in [0.5, 0.6) is 0 Å². The maximum atomic E-state index is 12.5. The molecule has 0 saturated heterocycles. The Morgan fingerprint density at radius 3 is 2.81 bits per heavy atom. The van der Waals surface area contributed by atoms with Crippen LogP contribution < -0.4 is 10.0 Å². The van der Waals surface area contributed by atoms with E-state index in [2.05, 4.69) is 32.6 Å². The van der Waals surface area contributed by atoms with Crippen LogP contribution in [0.15, 0.2) is 47.4 Å². The van der Waals surface area contributed by atoms with Crippen molar-refractivity contribution in [3.8, 4) is 0 Å². The molecule has 2 aromatic carbocycles. The molecule has 0 unspecified atom stereocenters. The highest BCUT2D eigenvalue weighted by Gasteiger charge is 2.17. The van der Waals surface area contributed by atoms with Crippen molar-refractivity contribution in [1.29, 1.82) is 0 Å². The van der Waals surface area contributed by atoms with Crippen LogP contribution in [0.2, 0.25) is 0 Å². The van der Waals surface area contributed by atoms with E-state index >= 15 is 0 Å². The van der Waals surface area contributed by atoms with E-state index in [4.69, 9.17) is 0 Å². The quantitative estimate of drug-likeness (QED) is 0.757. The van der Waals surface area contributed by atoms with Crippen molar-refractivity contribution >= 4 is 44.0 Å². The molecule has 3 rings (SSSR count). The summed E-state index contributed by atoms with van der Waals surface area (Å²) in [6.45, 7) is 0.890. The summed E-state index contributed by atoms with van der Waals surface area (Å²) in [7, 11) is -3.56. The molecule has 0 bridgehead atoms. The lowest BCUT2D eigenvalue weighted by molar-refractivity contribution is 0.601. The third-order valence-electron chi connectivity index (χ3n) is 3.41. The predicted octanol–water partition coefficient (Wildman–Crippen LogP) is 3.45. The Hall–Kier alpha value is -1.28. The third-order valence-corrected chi connectivity index (χ3v) is 5.46. The van der Waals surface area contributed by atoms with Crippen LogP contribution in [0.3, 0.4) is 0 Å². The molecule has 110 valence electrons. The lowest BCUT2D eigenvalue weighted by atomic mass is 10.0. The van der Waals surface area contributed by atoms with Gasteiger partial charge in [0.1, 0.15) is 0 Å². The van der Waals surface area contributed by atoms with Crippen molar-refractivity contribution in [2.45, 2.75) is 17.7 Å². The Morgan fingerprint density at radius 2 is 2.00 bits per heavy atom. The topological polar surface area (TPSA) is 58.2 Å². The predicted molar refractivity (Wildman–Crippen MR) is 93.2 cm³/mol. The highest BCUT2D eigenvalue weighted by molar-refractivity contribution is 14.1. The summed E-state index contributed by atoms with van der Waals surface area (Å²) in [5.74, 6) is 0. The van der Waals surface area contributed by atoms with E-state index < -0.39 is 10.0 Å². The first kappa shape index (κ1) is 14.6. The third kappa shape index (κ3) is 3.32. The summed E-state index contributed by atoms with van der Waals surface area (Å²) >= 11 is 2.16. The molecule has 21 heavy (non-hydrogen) atoms. The van der Waals surface area contributed by atoms with Crippen molar-refractivity contribution in [3.63, 3.8) is 0 Å². The molecule has 1 heterocycles. The maximum Gasteiger partial charge on any atom is 0.261 e. The number of hydrogen-bond acceptors (Lipinski definition) is 3. The van der Waals surface area contributed by atoms with Crippen LogP contribution in [0, 0.1) is 3.57 Å². The average molecular weight is 414 g/mol. The highest BCUT2D eigenvalue weighted by atomic mass is 127. The van der Waals surface area contributed by atoms with Crippen molar-refractivity contribution in [3.05, 3.63) is 51.6 Å². The summed E-state index contributed by atoms with van der Waals surface area (Å²) < 4.78 is 28.5. The van der Waals surface area contributed by atoms with Gasteiger partial charge in [-0.1, -0.05) is 12.1 Å². The van der Waals surface area contributed by atoms with Gasteiger partial charge < -0.3 is 5.32 Å². The lowest BCUT2D eigenvalue weighted by Gasteiger charge is -2.19. The van der Waals surface area contributed by atoms with Crippen LogP contribution in [0.25, 0.3) is 0 Å². The molecule has 0 amide bonds. The molecule has 4 nitrogen and oxygen atoms in total. The Balaban J connectivity index is 1.91. The van der Waals surface area contributed by atoms with Crippen LogP contribution in [0.4, 0.5) is 11.4 Å². The molecule has 1 aliphatic rings. The van der Waals surface area contributed by atoms with E-state index in [9.17, 15) is 8.42 Å². The summed E-state index contributed by atoms with van der Waals surface area (Å²) in [5, 5.41) is 3.25. The zero-order valence-corrected chi connectivity index (χ0v) is 14.2. The van der Waals surface area contributed by atoms with Crippen molar-refractivity contribution in [1.82, 2.24) is 0 Å². The van der Waals surface area contributed by atoms with Crippen LogP contribution in [-0.2, 0) is 16.4 Å². The van der Waals surface area contributed by atoms with Gasteiger partial charge >= 0.3 is 0 Å². The Morgan fingerprint density at radius 1 is 1.14 bits per heavy atom. The van der Waals surface area contributed by atoms with Crippen molar-refractivity contribution in [2.24, 2.45) is 0 Å². The summed E-state index contributed by atoms with van der Waals surface area (Å²) in [6.07, 6.45) is 2.08. The number of sulfonamides is 1. The number of rotatable bonds is 3. The average Bonchev–Trinajstić information content (AvgIpc) is 2.46. The molecular formula is C15H15IN2O2S. The Bertz CT molecular complexity index is 775. The standard InChI is InChI=1S/C15H15IN2O2S/c16-12-4-1-5-13(9-12)18-21(19,20)14-7-6-11-3-2-8-17-15(11)10-14/h1,4-7,9-10,17-18H,2-3,8H2. The van der Waals surface area contributed by atoms with Gasteiger partial charge in [0.25, 0.3) is 10.0 Å². The second kappa shape index (κ2) is 5.84. The maximum absolute atomic E-state index is 12.5. The number of nitrogens with one attached hydrogen (secondary N) is 2. The van der Waals surface area contributed by atoms with Crippen LogP contribution in [0.1, 0.15) is 12.0 Å². The fraction of sp³-hybridized carbons (Fsp3) is 0.200. The molecule has 2 N–H and O–H groups in total. The van der Waals surface area contributed by atoms with Gasteiger partial charge in [-0.3, -0.25) is 4.72 Å². The molecule has 6 heteroatoms. The molecule has 0 aliphatic carbocycles. The largest absolute Gasteiger partial charge is 0.385 e. The highest BCUT2D eigenvalue weighted by Crippen LogP contribution is 2.26. The monoisotopic (exact) mass is 414 g/mol. The summed E-state index contributed by atoms with van der Waals surface area (Å²) in [5.41, 5.74) is 2.67. The van der Waals surface area contributed by atoms with E-state index in [1.807, 2.05) is 18.2 Å². The van der Waals surface area contributed by atoms with Gasteiger partial charge in [0.05, 0.1) is 4.90 Å². The summed E-state index contributed by atoms with van der Waals surface area (Å²) in [4.78, 5) is 0.287. The first-order chi connectivity index (χ1) is 10.0. The number of aryl methyl sites for hydroxylation is 1. The number of hydrogen-bond donors (Lipinski definition) is 2. The minimum atomic E-state index is -3.56. The second-order valence-electron chi connectivity index (χ2n) is 4.97. The number of benzene rings is 2. The first-order valence-corrected chi connectivity index (χ1v) is 9.26. The fourth-order valence-corrected chi connectivity index (χ4v) is 3.99. The smallest absolute Gasteiger partial charge is 0.261 e. The first-order valence-electron chi connectivity index (χ1n) is 6.70. The van der Waals surface area contributed by atoms with Gasteiger partial charge in [-0.25, -0.2) is 8.42 Å². The van der Waals surface area contributed by atoms with Gasteiger partial charge in [-0.2, -0.15) is 0 Å². The van der Waals surface area contributed by atoms with Crippen molar-refractivity contribution < 1.29 is 8.42 Å². The van der Waals surface area contributed by atoms with E-state index in [0.29, 0.717) is 5.69 Å². The molecule has 1 aliphatic heterocycles. The van der Waals surface area contributed by atoms with E-state index in [1.165, 1.54) is 5.56 Å². The number of halogens is 1. The van der Waals surface area contributed by atoms with E-state index in [-0.39, 0.29) is 4.90 Å². The van der Waals surface area contributed by atoms with Gasteiger partial charge in [0.15, 0.2) is 0 Å². The molecule has 0 saturated carbocycles. The zero-order valence-electron chi connectivity index (χ0n) is 11.3. The van der Waals surface area contributed by atoms with Gasteiger partial charge in [0, 0.05) is 21.5 Å². The second-order valence-corrected chi connectivity index (χ2v) is 7.89. The molecule has 0 spiro atoms. The minimum Gasteiger partial charge on any atom is -0.385 e. The van der Waals surface area contributed by atoms with Gasteiger partial charge in [-0.05, 0) is 71.3 Å². The lowest BCUT2D eigenvalue weighted by Crippen LogP contribution is -2.16. The Labute approximate surface area is 138 Å². The zero-order chi connectivity index (χ0) is 14.9. The van der Waals surface area contributed by atoms with Gasteiger partial charge in [0.2, 0.25) is 0 Å². The molecule has 0 radical (unpaired) electrons. The van der Waals surface area contributed by atoms with Crippen LogP contribution >= 0.6 is 22.6 Å². The van der Waals surface area contributed by atoms with E-state index in [0.717, 1.165) is 28.6 Å². The number of fused-ring (bicyclic) bond motifs is 1. The SMILES string of the molecule is O=S(=O)(Nc1cccc(I)c1)c1ccc2c(c1)NCCC2. The normalized spacial score (nSPS) is 14.1. The van der Waals surface area contributed by atoms with Crippen LogP contribution in [-0.4, -0.2) is 15.0 Å². The molecule has 0 atom stereocenters. The fourth-order valence-electron chi connectivity index (χ4n) is 2.37. The molecule has 0 fully saturated rings. The summed E-state index contributed by atoms with van der Waals surface area (Å²) in [6, 6.07) is 12.6. The van der Waals surface area contributed by atoms with E-state index in [1.54, 1.807) is 24.3 Å². The minimum absolute atomic E-state index is 0.287. The molecular weight excluding hydrogens is 399 g/mol. The number of anilines is 2. The van der Waals surface area contributed by atoms with Crippen molar-refractivity contribution in [2.75, 3.05) is 16.6 Å². The van der Waals surface area contributed by atoms with Gasteiger partial charge in [-0.15, -0.1) is 0 Å². The molecule has 2 aromatic rings. The Kier molecular flexibility index (Phi) is 4.08. The molecule has 0 aromatic heterocycles.